The van der Waals surface area contributed by atoms with E-state index in [0.717, 1.165) is 36.6 Å². The fraction of sp³-hybridized carbons (Fsp3) is 0.278. The van der Waals surface area contributed by atoms with E-state index in [0.29, 0.717) is 5.57 Å². The number of benzene rings is 1. The third-order valence-corrected chi connectivity index (χ3v) is 4.83. The summed E-state index contributed by atoms with van der Waals surface area (Å²) in [6, 6.07) is 10.1. The number of hydrogen-bond acceptors (Lipinski definition) is 3. The van der Waals surface area contributed by atoms with Crippen molar-refractivity contribution in [2.24, 2.45) is 0 Å². The highest BCUT2D eigenvalue weighted by Crippen LogP contribution is 2.24. The fourth-order valence-electron chi connectivity index (χ4n) is 2.59. The Labute approximate surface area is 151 Å². The highest BCUT2D eigenvalue weighted by molar-refractivity contribution is 7.11. The van der Waals surface area contributed by atoms with E-state index in [9.17, 15) is 9.18 Å². The van der Waals surface area contributed by atoms with Gasteiger partial charge >= 0.3 is 0 Å². The molecule has 1 aromatic carbocycles. The van der Waals surface area contributed by atoms with Gasteiger partial charge in [-0.15, -0.1) is 23.7 Å². The van der Waals surface area contributed by atoms with E-state index in [1.54, 1.807) is 23.5 Å². The van der Waals surface area contributed by atoms with Crippen molar-refractivity contribution >= 4 is 41.3 Å². The molecule has 3 rings (SSSR count). The predicted octanol–water partition coefficient (Wildman–Crippen LogP) is 3.62. The number of carbonyl (C=O) groups excluding carboxylic acids is 1. The number of rotatable bonds is 3. The second-order valence-electron chi connectivity index (χ2n) is 5.68. The number of carbonyl (C=O) groups is 1. The van der Waals surface area contributed by atoms with Crippen molar-refractivity contribution in [3.05, 3.63) is 58.0 Å². The van der Waals surface area contributed by atoms with Gasteiger partial charge in [0.05, 0.1) is 0 Å². The van der Waals surface area contributed by atoms with Crippen LogP contribution in [0.4, 0.5) is 4.39 Å². The number of hydrogen-bond donors (Lipinski definition) is 0. The first-order valence-electron chi connectivity index (χ1n) is 7.62. The Morgan fingerprint density at radius 2 is 1.79 bits per heavy atom. The van der Waals surface area contributed by atoms with E-state index < -0.39 is 0 Å². The standard InChI is InChI=1S/C18H19FN2OS.ClH/c1-20-8-10-21(11-9-20)18(22)17(13-16-3-2-12-23-16)14-4-6-15(19)7-5-14;/h2-7,12-13H,8-11H2,1H3;1H. The Balaban J connectivity index is 0.00000208. The van der Waals surface area contributed by atoms with Crippen LogP contribution < -0.4 is 0 Å². The van der Waals surface area contributed by atoms with Crippen LogP contribution >= 0.6 is 23.7 Å². The molecule has 0 bridgehead atoms. The maximum absolute atomic E-state index is 13.2. The van der Waals surface area contributed by atoms with Gasteiger partial charge in [0.2, 0.25) is 0 Å². The molecule has 1 aliphatic heterocycles. The van der Waals surface area contributed by atoms with Gasteiger partial charge in [-0.3, -0.25) is 4.79 Å². The maximum atomic E-state index is 13.2. The number of amides is 1. The second kappa shape index (κ2) is 8.42. The molecule has 2 aromatic rings. The van der Waals surface area contributed by atoms with Crippen molar-refractivity contribution in [3.63, 3.8) is 0 Å². The summed E-state index contributed by atoms with van der Waals surface area (Å²) in [4.78, 5) is 18.1. The monoisotopic (exact) mass is 366 g/mol. The van der Waals surface area contributed by atoms with Crippen LogP contribution in [0.15, 0.2) is 41.8 Å². The van der Waals surface area contributed by atoms with E-state index >= 15 is 0 Å². The van der Waals surface area contributed by atoms with Crippen molar-refractivity contribution in [3.8, 4) is 0 Å². The largest absolute Gasteiger partial charge is 0.336 e. The molecule has 0 saturated carbocycles. The molecule has 0 N–H and O–H groups in total. The van der Waals surface area contributed by atoms with E-state index in [1.165, 1.54) is 12.1 Å². The molecular weight excluding hydrogens is 347 g/mol. The van der Waals surface area contributed by atoms with Gasteiger partial charge in [-0.05, 0) is 42.3 Å². The molecular formula is C18H20ClFN2OS. The summed E-state index contributed by atoms with van der Waals surface area (Å²) in [5.74, 6) is -0.283. The van der Waals surface area contributed by atoms with Crippen LogP contribution in [0.25, 0.3) is 11.6 Å². The number of halogens is 2. The zero-order valence-corrected chi connectivity index (χ0v) is 15.1. The molecule has 1 saturated heterocycles. The molecule has 128 valence electrons. The Kier molecular flexibility index (Phi) is 6.54. The quantitative estimate of drug-likeness (QED) is 0.774. The summed E-state index contributed by atoms with van der Waals surface area (Å²) in [6.45, 7) is 3.19. The summed E-state index contributed by atoms with van der Waals surface area (Å²) in [7, 11) is 2.06. The fourth-order valence-corrected chi connectivity index (χ4v) is 3.25. The lowest BCUT2D eigenvalue weighted by atomic mass is 10.0. The highest BCUT2D eigenvalue weighted by Gasteiger charge is 2.23. The Bertz CT molecular complexity index is 692. The average Bonchev–Trinajstić information content (AvgIpc) is 3.07. The molecule has 1 aromatic heterocycles. The van der Waals surface area contributed by atoms with Gasteiger partial charge in [-0.2, -0.15) is 0 Å². The van der Waals surface area contributed by atoms with Gasteiger partial charge in [0.25, 0.3) is 5.91 Å². The van der Waals surface area contributed by atoms with Crippen LogP contribution in [0, 0.1) is 5.82 Å². The predicted molar refractivity (Wildman–Crippen MR) is 99.9 cm³/mol. The van der Waals surface area contributed by atoms with E-state index in [4.69, 9.17) is 0 Å². The molecule has 3 nitrogen and oxygen atoms in total. The van der Waals surface area contributed by atoms with Crippen LogP contribution in [0.2, 0.25) is 0 Å². The van der Waals surface area contributed by atoms with Gasteiger partial charge in [0.15, 0.2) is 0 Å². The van der Waals surface area contributed by atoms with Crippen molar-refractivity contribution in [1.29, 1.82) is 0 Å². The topological polar surface area (TPSA) is 23.6 Å². The van der Waals surface area contributed by atoms with Gasteiger partial charge in [-0.25, -0.2) is 4.39 Å². The molecule has 0 spiro atoms. The van der Waals surface area contributed by atoms with Crippen LogP contribution in [0.3, 0.4) is 0 Å². The number of thiophene rings is 1. The zero-order valence-electron chi connectivity index (χ0n) is 13.4. The summed E-state index contributed by atoms with van der Waals surface area (Å²) < 4.78 is 13.2. The molecule has 0 aliphatic carbocycles. The average molecular weight is 367 g/mol. The first-order chi connectivity index (χ1) is 11.1. The summed E-state index contributed by atoms with van der Waals surface area (Å²) in [5, 5.41) is 1.98. The maximum Gasteiger partial charge on any atom is 0.254 e. The Morgan fingerprint density at radius 1 is 1.12 bits per heavy atom. The molecule has 0 radical (unpaired) electrons. The molecule has 2 heterocycles. The third kappa shape index (κ3) is 4.44. The second-order valence-corrected chi connectivity index (χ2v) is 6.66. The summed E-state index contributed by atoms with van der Waals surface area (Å²) >= 11 is 1.58. The SMILES string of the molecule is CN1CCN(C(=O)C(=Cc2cccs2)c2ccc(F)cc2)CC1.Cl. The van der Waals surface area contributed by atoms with Crippen molar-refractivity contribution in [1.82, 2.24) is 9.80 Å². The van der Waals surface area contributed by atoms with Crippen LogP contribution in [0.5, 0.6) is 0 Å². The van der Waals surface area contributed by atoms with Gasteiger partial charge < -0.3 is 9.80 Å². The highest BCUT2D eigenvalue weighted by atomic mass is 35.5. The lowest BCUT2D eigenvalue weighted by Crippen LogP contribution is -2.47. The van der Waals surface area contributed by atoms with Crippen LogP contribution in [-0.2, 0) is 4.79 Å². The molecule has 24 heavy (non-hydrogen) atoms. The molecule has 1 aliphatic rings. The molecule has 0 atom stereocenters. The van der Waals surface area contributed by atoms with Crippen molar-refractivity contribution in [2.45, 2.75) is 0 Å². The molecule has 1 amide bonds. The number of piperazine rings is 1. The molecule has 0 unspecified atom stereocenters. The van der Waals surface area contributed by atoms with E-state index in [2.05, 4.69) is 11.9 Å². The van der Waals surface area contributed by atoms with E-state index in [-0.39, 0.29) is 24.1 Å². The minimum atomic E-state index is -0.295. The normalized spacial score (nSPS) is 15.9. The van der Waals surface area contributed by atoms with Crippen LogP contribution in [-0.4, -0.2) is 48.9 Å². The van der Waals surface area contributed by atoms with Crippen LogP contribution in [0.1, 0.15) is 10.4 Å². The van der Waals surface area contributed by atoms with Gasteiger partial charge in [-0.1, -0.05) is 18.2 Å². The first kappa shape index (κ1) is 18.6. The van der Waals surface area contributed by atoms with E-state index in [1.807, 2.05) is 28.5 Å². The number of nitrogens with zero attached hydrogens (tertiary/aromatic N) is 2. The Hall–Kier alpha value is -1.69. The summed E-state index contributed by atoms with van der Waals surface area (Å²) in [5.41, 5.74) is 1.38. The van der Waals surface area contributed by atoms with Crippen molar-refractivity contribution < 1.29 is 9.18 Å². The minimum Gasteiger partial charge on any atom is -0.336 e. The van der Waals surface area contributed by atoms with Gasteiger partial charge in [0, 0.05) is 36.6 Å². The lowest BCUT2D eigenvalue weighted by molar-refractivity contribution is -0.126. The third-order valence-electron chi connectivity index (χ3n) is 4.01. The summed E-state index contributed by atoms with van der Waals surface area (Å²) in [6.07, 6.45) is 1.90. The smallest absolute Gasteiger partial charge is 0.254 e. The minimum absolute atomic E-state index is 0. The zero-order chi connectivity index (χ0) is 16.2. The first-order valence-corrected chi connectivity index (χ1v) is 8.50. The van der Waals surface area contributed by atoms with Crippen molar-refractivity contribution in [2.75, 3.05) is 33.2 Å². The number of likely N-dealkylation sites (N-methyl/N-ethyl adjacent to an activating group) is 1. The lowest BCUT2D eigenvalue weighted by Gasteiger charge is -2.33. The molecule has 1 fully saturated rings. The molecule has 6 heteroatoms. The van der Waals surface area contributed by atoms with Gasteiger partial charge in [0.1, 0.15) is 5.82 Å². The Morgan fingerprint density at radius 3 is 2.38 bits per heavy atom.